The molecule has 274 valence electrons. The van der Waals surface area contributed by atoms with Gasteiger partial charge in [-0.05, 0) is 114 Å². The van der Waals surface area contributed by atoms with E-state index in [4.69, 9.17) is 9.15 Å². The van der Waals surface area contributed by atoms with E-state index in [1.54, 1.807) is 0 Å². The Morgan fingerprint density at radius 2 is 0.949 bits per heavy atom. The number of hydrogen-bond donors (Lipinski definition) is 0. The molecule has 2 heterocycles. The third kappa shape index (κ3) is 4.46. The number of para-hydroxylation sites is 2. The Morgan fingerprint density at radius 3 is 1.80 bits per heavy atom. The zero-order valence-electron chi connectivity index (χ0n) is 31.9. The maximum absolute atomic E-state index is 6.52. The molecule has 13 rings (SSSR count). The smallest absolute Gasteiger partial charge is 0.135 e. The number of furan rings is 1. The summed E-state index contributed by atoms with van der Waals surface area (Å²) in [4.78, 5) is 0. The van der Waals surface area contributed by atoms with Gasteiger partial charge in [-0.2, -0.15) is 0 Å². The van der Waals surface area contributed by atoms with Gasteiger partial charge in [0, 0.05) is 21.7 Å². The number of hydrogen-bond acceptors (Lipinski definition) is 2. The van der Waals surface area contributed by atoms with Crippen LogP contribution in [0.5, 0.6) is 11.5 Å². The molecule has 0 amide bonds. The monoisotopic (exact) mass is 750 g/mol. The first-order valence-electron chi connectivity index (χ1n) is 20.3. The van der Waals surface area contributed by atoms with Crippen molar-refractivity contribution in [1.29, 1.82) is 0 Å². The standard InChI is InChI=1S/C57H34O2/c1-3-13-37(14-4-1)57(38-15-5-2-6-16-38)49-30-28-41-39(35-26-31-53-48(33-35)43-18-8-10-24-52(43)58-53)19-11-21-45(41)55(49)47-27-25-36(34-50(47)57)40-29-32-54-56-44(40)20-12-22-46(56)42-17-7-9-23-51(42)59-54/h1-34H. The summed E-state index contributed by atoms with van der Waals surface area (Å²) in [5, 5.41) is 7.10. The summed E-state index contributed by atoms with van der Waals surface area (Å²) in [5.41, 5.74) is 16.0. The van der Waals surface area contributed by atoms with E-state index in [0.717, 1.165) is 44.4 Å². The molecule has 59 heavy (non-hydrogen) atoms. The largest absolute Gasteiger partial charge is 0.456 e. The molecule has 0 N–H and O–H groups in total. The zero-order valence-corrected chi connectivity index (χ0v) is 31.9. The summed E-state index contributed by atoms with van der Waals surface area (Å²) in [6.45, 7) is 0. The van der Waals surface area contributed by atoms with Crippen LogP contribution in [0, 0.1) is 0 Å². The fourth-order valence-corrected chi connectivity index (χ4v) is 10.5. The average Bonchev–Trinajstić information content (AvgIpc) is 3.83. The van der Waals surface area contributed by atoms with Gasteiger partial charge in [-0.25, -0.2) is 0 Å². The first-order chi connectivity index (χ1) is 29.3. The Kier molecular flexibility index (Phi) is 6.68. The molecule has 10 aromatic carbocycles. The van der Waals surface area contributed by atoms with Gasteiger partial charge >= 0.3 is 0 Å². The summed E-state index contributed by atoms with van der Waals surface area (Å²) in [6, 6.07) is 75.3. The molecule has 0 saturated heterocycles. The summed E-state index contributed by atoms with van der Waals surface area (Å²) in [5.74, 6) is 1.80. The minimum atomic E-state index is -0.559. The number of ether oxygens (including phenoxy) is 1. The van der Waals surface area contributed by atoms with E-state index in [9.17, 15) is 0 Å². The van der Waals surface area contributed by atoms with Gasteiger partial charge in [0.2, 0.25) is 0 Å². The van der Waals surface area contributed by atoms with Crippen molar-refractivity contribution in [3.63, 3.8) is 0 Å². The lowest BCUT2D eigenvalue weighted by molar-refractivity contribution is 0.487. The van der Waals surface area contributed by atoms with E-state index < -0.39 is 5.41 Å². The van der Waals surface area contributed by atoms with Crippen LogP contribution in [0.4, 0.5) is 0 Å². The lowest BCUT2D eigenvalue weighted by Gasteiger charge is -2.34. The van der Waals surface area contributed by atoms with Crippen LogP contribution >= 0.6 is 0 Å². The third-order valence-corrected chi connectivity index (χ3v) is 13.0. The van der Waals surface area contributed by atoms with Gasteiger partial charge in [0.1, 0.15) is 22.7 Å². The van der Waals surface area contributed by atoms with Crippen molar-refractivity contribution in [3.8, 4) is 56.0 Å². The van der Waals surface area contributed by atoms with Crippen LogP contribution in [0.1, 0.15) is 22.3 Å². The Hall–Kier alpha value is -7.68. The fraction of sp³-hybridized carbons (Fsp3) is 0.0175. The minimum absolute atomic E-state index is 0.559. The molecule has 0 radical (unpaired) electrons. The van der Waals surface area contributed by atoms with Crippen molar-refractivity contribution >= 4 is 43.5 Å². The van der Waals surface area contributed by atoms with E-state index >= 15 is 0 Å². The quantitative estimate of drug-likeness (QED) is 0.179. The predicted molar refractivity (Wildman–Crippen MR) is 242 cm³/mol. The van der Waals surface area contributed by atoms with Gasteiger partial charge in [0.15, 0.2) is 0 Å². The highest BCUT2D eigenvalue weighted by Crippen LogP contribution is 2.59. The molecule has 2 heteroatoms. The molecular formula is C57H34O2. The van der Waals surface area contributed by atoms with Crippen LogP contribution in [0.3, 0.4) is 0 Å². The van der Waals surface area contributed by atoms with E-state index in [-0.39, 0.29) is 0 Å². The van der Waals surface area contributed by atoms with Gasteiger partial charge in [-0.3, -0.25) is 0 Å². The maximum atomic E-state index is 6.52. The van der Waals surface area contributed by atoms with Crippen molar-refractivity contribution in [2.45, 2.75) is 5.41 Å². The molecule has 0 fully saturated rings. The fourth-order valence-electron chi connectivity index (χ4n) is 10.5. The Balaban J connectivity index is 1.08. The molecule has 0 bridgehead atoms. The first-order valence-corrected chi connectivity index (χ1v) is 20.3. The second-order valence-electron chi connectivity index (χ2n) is 15.9. The van der Waals surface area contributed by atoms with E-state index in [0.29, 0.717) is 0 Å². The van der Waals surface area contributed by atoms with Crippen molar-refractivity contribution in [3.05, 3.63) is 229 Å². The van der Waals surface area contributed by atoms with Gasteiger partial charge in [-0.15, -0.1) is 0 Å². The first kappa shape index (κ1) is 32.4. The van der Waals surface area contributed by atoms with Crippen molar-refractivity contribution in [2.75, 3.05) is 0 Å². The highest BCUT2D eigenvalue weighted by atomic mass is 16.5. The molecule has 0 unspecified atom stereocenters. The Morgan fingerprint density at radius 1 is 0.322 bits per heavy atom. The molecule has 2 aliphatic rings. The van der Waals surface area contributed by atoms with Crippen LogP contribution < -0.4 is 4.74 Å². The second-order valence-corrected chi connectivity index (χ2v) is 15.9. The van der Waals surface area contributed by atoms with Crippen LogP contribution in [0.15, 0.2) is 211 Å². The van der Waals surface area contributed by atoms with Gasteiger partial charge in [0.05, 0.1) is 5.41 Å². The number of fused-ring (bicyclic) bond motifs is 10. The van der Waals surface area contributed by atoms with Crippen LogP contribution in [0.2, 0.25) is 0 Å². The number of rotatable bonds is 4. The molecule has 11 aromatic rings. The number of benzene rings is 10. The summed E-state index contributed by atoms with van der Waals surface area (Å²) in [6.07, 6.45) is 0. The molecular weight excluding hydrogens is 717 g/mol. The molecule has 1 aliphatic carbocycles. The molecule has 0 spiro atoms. The molecule has 1 aromatic heterocycles. The lowest BCUT2D eigenvalue weighted by atomic mass is 9.67. The summed E-state index contributed by atoms with van der Waals surface area (Å²) in [7, 11) is 0. The van der Waals surface area contributed by atoms with Gasteiger partial charge in [-0.1, -0.05) is 170 Å². The van der Waals surface area contributed by atoms with Gasteiger partial charge in [0.25, 0.3) is 0 Å². The molecule has 0 atom stereocenters. The predicted octanol–water partition coefficient (Wildman–Crippen LogP) is 15.4. The van der Waals surface area contributed by atoms with Crippen LogP contribution in [-0.2, 0) is 5.41 Å². The Bertz CT molecular complexity index is 3480. The molecule has 1 aliphatic heterocycles. The van der Waals surface area contributed by atoms with E-state index in [1.807, 2.05) is 18.2 Å². The average molecular weight is 751 g/mol. The lowest BCUT2D eigenvalue weighted by Crippen LogP contribution is -2.28. The second kappa shape index (κ2) is 12.2. The van der Waals surface area contributed by atoms with Crippen LogP contribution in [0.25, 0.3) is 88.0 Å². The molecule has 2 nitrogen and oxygen atoms in total. The van der Waals surface area contributed by atoms with E-state index in [1.165, 1.54) is 77.4 Å². The highest BCUT2D eigenvalue weighted by Gasteiger charge is 2.47. The topological polar surface area (TPSA) is 22.4 Å². The van der Waals surface area contributed by atoms with Crippen molar-refractivity contribution < 1.29 is 9.15 Å². The minimum Gasteiger partial charge on any atom is -0.456 e. The van der Waals surface area contributed by atoms with Crippen LogP contribution in [-0.4, -0.2) is 0 Å². The van der Waals surface area contributed by atoms with Gasteiger partial charge < -0.3 is 9.15 Å². The summed E-state index contributed by atoms with van der Waals surface area (Å²) >= 11 is 0. The molecule has 0 saturated carbocycles. The van der Waals surface area contributed by atoms with Crippen molar-refractivity contribution in [1.82, 2.24) is 0 Å². The normalized spacial score (nSPS) is 13.4. The highest BCUT2D eigenvalue weighted by molar-refractivity contribution is 6.13. The van der Waals surface area contributed by atoms with Crippen molar-refractivity contribution in [2.24, 2.45) is 0 Å². The maximum Gasteiger partial charge on any atom is 0.135 e. The zero-order chi connectivity index (χ0) is 38.7. The SMILES string of the molecule is c1ccc(C2(c3ccccc3)c3cc(-c4ccc5c6c(cccc46)-c4ccccc4O5)ccc3-c3c2ccc2c(-c4ccc5oc6ccccc6c5c4)cccc32)cc1. The van der Waals surface area contributed by atoms with E-state index in [2.05, 4.69) is 188 Å². The third-order valence-electron chi connectivity index (χ3n) is 13.0. The Labute approximate surface area is 341 Å². The summed E-state index contributed by atoms with van der Waals surface area (Å²) < 4.78 is 12.7.